The van der Waals surface area contributed by atoms with Crippen molar-refractivity contribution in [2.75, 3.05) is 5.32 Å². The predicted octanol–water partition coefficient (Wildman–Crippen LogP) is 2.08. The van der Waals surface area contributed by atoms with Gasteiger partial charge in [0.15, 0.2) is 0 Å². The predicted molar refractivity (Wildman–Crippen MR) is 99.3 cm³/mol. The molecule has 0 fully saturated rings. The molecule has 3 aromatic rings. The van der Waals surface area contributed by atoms with Crippen LogP contribution in [-0.4, -0.2) is 21.4 Å². The van der Waals surface area contributed by atoms with Gasteiger partial charge in [-0.2, -0.15) is 0 Å². The zero-order chi connectivity index (χ0) is 18.8. The third-order valence-corrected chi connectivity index (χ3v) is 4.13. The first kappa shape index (κ1) is 17.3. The van der Waals surface area contributed by atoms with E-state index in [9.17, 15) is 14.4 Å². The lowest BCUT2D eigenvalue weighted by molar-refractivity contribution is 0.100. The second kappa shape index (κ2) is 6.79. The van der Waals surface area contributed by atoms with E-state index >= 15 is 0 Å². The molecule has 0 aliphatic heterocycles. The quantitative estimate of drug-likeness (QED) is 0.751. The summed E-state index contributed by atoms with van der Waals surface area (Å²) in [5.74, 6) is -1.02. The first-order chi connectivity index (χ1) is 12.4. The monoisotopic (exact) mass is 350 g/mol. The lowest BCUT2D eigenvalue weighted by Crippen LogP contribution is -2.23. The van der Waals surface area contributed by atoms with Gasteiger partial charge in [-0.15, -0.1) is 0 Å². The second-order valence-corrected chi connectivity index (χ2v) is 5.81. The van der Waals surface area contributed by atoms with Crippen LogP contribution in [0.2, 0.25) is 0 Å². The number of hydrogen-bond donors (Lipinski definition) is 2. The number of carbonyl (C=O) groups is 2. The van der Waals surface area contributed by atoms with E-state index in [0.29, 0.717) is 34.5 Å². The van der Waals surface area contributed by atoms with Crippen molar-refractivity contribution < 1.29 is 9.59 Å². The fourth-order valence-corrected chi connectivity index (χ4v) is 2.83. The Morgan fingerprint density at radius 3 is 2.62 bits per heavy atom. The molecule has 0 saturated carbocycles. The van der Waals surface area contributed by atoms with Crippen LogP contribution in [0.25, 0.3) is 11.0 Å². The van der Waals surface area contributed by atoms with Gasteiger partial charge in [0.05, 0.1) is 22.3 Å². The zero-order valence-electron chi connectivity index (χ0n) is 14.4. The Morgan fingerprint density at radius 2 is 1.92 bits per heavy atom. The van der Waals surface area contributed by atoms with Gasteiger partial charge < -0.3 is 15.6 Å². The summed E-state index contributed by atoms with van der Waals surface area (Å²) in [5.41, 5.74) is 7.72. The Morgan fingerprint density at radius 1 is 1.19 bits per heavy atom. The van der Waals surface area contributed by atoms with E-state index in [1.54, 1.807) is 54.0 Å². The molecule has 3 rings (SSSR count). The fourth-order valence-electron chi connectivity index (χ4n) is 2.83. The van der Waals surface area contributed by atoms with E-state index in [1.165, 1.54) is 0 Å². The van der Waals surface area contributed by atoms with Crippen molar-refractivity contribution in [3.8, 4) is 0 Å². The van der Waals surface area contributed by atoms with Gasteiger partial charge in [-0.1, -0.05) is 12.1 Å². The van der Waals surface area contributed by atoms with Crippen molar-refractivity contribution in [3.05, 3.63) is 69.6 Å². The maximum Gasteiger partial charge on any atom is 0.272 e. The Labute approximate surface area is 149 Å². The number of nitrogens with one attached hydrogen (secondary N) is 1. The standard InChI is InChI=1S/C19H18N4O3/c1-3-23-16-9-8-12(10-15(16)21-11(2)19(23)26)18(25)22-14-7-5-4-6-13(14)17(20)24/h4-10H,3H2,1-2H3,(H2,20,24)(H,22,25). The van der Waals surface area contributed by atoms with Gasteiger partial charge >= 0.3 is 0 Å². The minimum absolute atomic E-state index is 0.146. The number of nitrogens with zero attached hydrogens (tertiary/aromatic N) is 2. The number of rotatable bonds is 4. The van der Waals surface area contributed by atoms with Gasteiger partial charge in [0.1, 0.15) is 5.69 Å². The Hall–Kier alpha value is -3.48. The number of fused-ring (bicyclic) bond motifs is 1. The van der Waals surface area contributed by atoms with Crippen LogP contribution in [0.4, 0.5) is 5.69 Å². The molecule has 0 unspecified atom stereocenters. The first-order valence-electron chi connectivity index (χ1n) is 8.13. The molecule has 0 spiro atoms. The van der Waals surface area contributed by atoms with Gasteiger partial charge in [-0.05, 0) is 44.2 Å². The number of carbonyl (C=O) groups excluding carboxylic acids is 2. The fraction of sp³-hybridized carbons (Fsp3) is 0.158. The molecule has 26 heavy (non-hydrogen) atoms. The smallest absolute Gasteiger partial charge is 0.272 e. The lowest BCUT2D eigenvalue weighted by atomic mass is 10.1. The van der Waals surface area contributed by atoms with Crippen LogP contribution in [0.15, 0.2) is 47.3 Å². The van der Waals surface area contributed by atoms with Gasteiger partial charge in [0.25, 0.3) is 17.4 Å². The molecule has 0 saturated heterocycles. The van der Waals surface area contributed by atoms with Crippen LogP contribution < -0.4 is 16.6 Å². The van der Waals surface area contributed by atoms with E-state index in [4.69, 9.17) is 5.73 Å². The molecule has 1 aromatic heterocycles. The highest BCUT2D eigenvalue weighted by atomic mass is 16.2. The van der Waals surface area contributed by atoms with E-state index in [-0.39, 0.29) is 11.1 Å². The maximum absolute atomic E-state index is 12.6. The number of aryl methyl sites for hydroxylation is 2. The van der Waals surface area contributed by atoms with Gasteiger partial charge in [-0.3, -0.25) is 14.4 Å². The van der Waals surface area contributed by atoms with E-state index < -0.39 is 11.8 Å². The molecule has 0 atom stereocenters. The number of benzene rings is 2. The molecule has 0 aliphatic rings. The summed E-state index contributed by atoms with van der Waals surface area (Å²) in [4.78, 5) is 40.5. The number of aromatic nitrogens is 2. The third kappa shape index (κ3) is 3.06. The van der Waals surface area contributed by atoms with Gasteiger partial charge in [-0.25, -0.2) is 4.98 Å². The number of anilines is 1. The second-order valence-electron chi connectivity index (χ2n) is 5.81. The van der Waals surface area contributed by atoms with E-state index in [2.05, 4.69) is 10.3 Å². The number of primary amides is 1. The molecular formula is C19H18N4O3. The Balaban J connectivity index is 2.01. The van der Waals surface area contributed by atoms with Crippen LogP contribution in [0, 0.1) is 6.92 Å². The van der Waals surface area contributed by atoms with Crippen molar-refractivity contribution in [1.29, 1.82) is 0 Å². The lowest BCUT2D eigenvalue weighted by Gasteiger charge is -2.11. The molecule has 0 radical (unpaired) electrons. The molecule has 2 amide bonds. The van der Waals surface area contributed by atoms with Crippen LogP contribution in [0.5, 0.6) is 0 Å². The van der Waals surface area contributed by atoms with Crippen LogP contribution in [0.1, 0.15) is 33.3 Å². The summed E-state index contributed by atoms with van der Waals surface area (Å²) in [6.45, 7) is 4.03. The Kier molecular flexibility index (Phi) is 4.53. The van der Waals surface area contributed by atoms with Crippen molar-refractivity contribution >= 4 is 28.5 Å². The van der Waals surface area contributed by atoms with Gasteiger partial charge in [0, 0.05) is 12.1 Å². The van der Waals surface area contributed by atoms with Gasteiger partial charge in [0.2, 0.25) is 0 Å². The summed E-state index contributed by atoms with van der Waals surface area (Å²) >= 11 is 0. The summed E-state index contributed by atoms with van der Waals surface area (Å²) in [6.07, 6.45) is 0. The van der Waals surface area contributed by atoms with Crippen LogP contribution in [-0.2, 0) is 6.54 Å². The summed E-state index contributed by atoms with van der Waals surface area (Å²) in [5, 5.41) is 2.69. The number of hydrogen-bond acceptors (Lipinski definition) is 4. The average molecular weight is 350 g/mol. The molecule has 3 N–H and O–H groups in total. The SMILES string of the molecule is CCn1c(=O)c(C)nc2cc(C(=O)Nc3ccccc3C(N)=O)ccc21. The highest BCUT2D eigenvalue weighted by Gasteiger charge is 2.14. The number of para-hydroxylation sites is 1. The third-order valence-electron chi connectivity index (χ3n) is 4.13. The van der Waals surface area contributed by atoms with E-state index in [0.717, 1.165) is 0 Å². The van der Waals surface area contributed by atoms with Crippen molar-refractivity contribution in [2.45, 2.75) is 20.4 Å². The van der Waals surface area contributed by atoms with Crippen molar-refractivity contribution in [2.24, 2.45) is 5.73 Å². The largest absolute Gasteiger partial charge is 0.366 e. The molecule has 0 aliphatic carbocycles. The minimum atomic E-state index is -0.622. The first-order valence-corrected chi connectivity index (χ1v) is 8.13. The highest BCUT2D eigenvalue weighted by Crippen LogP contribution is 2.18. The van der Waals surface area contributed by atoms with Crippen molar-refractivity contribution in [1.82, 2.24) is 9.55 Å². The molecule has 7 nitrogen and oxygen atoms in total. The molecular weight excluding hydrogens is 332 g/mol. The van der Waals surface area contributed by atoms with E-state index in [1.807, 2.05) is 6.92 Å². The topological polar surface area (TPSA) is 107 Å². The summed E-state index contributed by atoms with van der Waals surface area (Å²) < 4.78 is 1.61. The van der Waals surface area contributed by atoms with Crippen molar-refractivity contribution in [3.63, 3.8) is 0 Å². The maximum atomic E-state index is 12.6. The number of nitrogens with two attached hydrogens (primary N) is 1. The Bertz CT molecular complexity index is 1090. The summed E-state index contributed by atoms with van der Waals surface area (Å²) in [6, 6.07) is 11.5. The molecule has 132 valence electrons. The normalized spacial score (nSPS) is 10.7. The average Bonchev–Trinajstić information content (AvgIpc) is 2.62. The number of amides is 2. The minimum Gasteiger partial charge on any atom is -0.366 e. The molecule has 7 heteroatoms. The van der Waals surface area contributed by atoms with Crippen LogP contribution >= 0.6 is 0 Å². The molecule has 2 aromatic carbocycles. The molecule has 1 heterocycles. The highest BCUT2D eigenvalue weighted by molar-refractivity contribution is 6.09. The molecule has 0 bridgehead atoms. The zero-order valence-corrected chi connectivity index (χ0v) is 14.4. The van der Waals surface area contributed by atoms with Crippen LogP contribution in [0.3, 0.4) is 0 Å². The summed E-state index contributed by atoms with van der Waals surface area (Å²) in [7, 11) is 0.